The van der Waals surface area contributed by atoms with Crippen LogP contribution in [-0.2, 0) is 13.5 Å². The zero-order valence-corrected chi connectivity index (χ0v) is 11.8. The van der Waals surface area contributed by atoms with Crippen LogP contribution < -0.4 is 5.32 Å². The molecule has 0 amide bonds. The highest BCUT2D eigenvalue weighted by Gasteiger charge is 2.15. The number of hydrogen-bond acceptors (Lipinski definition) is 2. The summed E-state index contributed by atoms with van der Waals surface area (Å²) in [6.07, 6.45) is 2.13. The van der Waals surface area contributed by atoms with Gasteiger partial charge in [0.15, 0.2) is 0 Å². The van der Waals surface area contributed by atoms with Gasteiger partial charge in [-0.15, -0.1) is 0 Å². The third-order valence-electron chi connectivity index (χ3n) is 3.30. The van der Waals surface area contributed by atoms with Crippen molar-refractivity contribution in [1.29, 1.82) is 0 Å². The maximum absolute atomic E-state index is 4.46. The van der Waals surface area contributed by atoms with E-state index < -0.39 is 0 Å². The van der Waals surface area contributed by atoms with Crippen LogP contribution in [0.4, 0.5) is 0 Å². The first-order valence-corrected chi connectivity index (χ1v) is 6.35. The van der Waals surface area contributed by atoms with Crippen molar-refractivity contribution < 1.29 is 0 Å². The summed E-state index contributed by atoms with van der Waals surface area (Å²) in [5, 5.41) is 8.01. The first-order chi connectivity index (χ1) is 7.97. The van der Waals surface area contributed by atoms with Gasteiger partial charge < -0.3 is 5.32 Å². The van der Waals surface area contributed by atoms with Gasteiger partial charge in [-0.3, -0.25) is 4.68 Å². The fourth-order valence-electron chi connectivity index (χ4n) is 2.06. The second kappa shape index (κ2) is 6.01. The summed E-state index contributed by atoms with van der Waals surface area (Å²) < 4.78 is 1.96. The summed E-state index contributed by atoms with van der Waals surface area (Å²) in [4.78, 5) is 0. The number of nitrogens with zero attached hydrogens (tertiary/aromatic N) is 2. The second-order valence-electron chi connectivity index (χ2n) is 4.83. The van der Waals surface area contributed by atoms with E-state index in [-0.39, 0.29) is 0 Å². The van der Waals surface area contributed by atoms with Crippen molar-refractivity contribution in [2.45, 2.75) is 46.6 Å². The molecule has 1 N–H and O–H groups in total. The molecule has 17 heavy (non-hydrogen) atoms. The summed E-state index contributed by atoms with van der Waals surface area (Å²) in [6.45, 7) is 13.6. The number of aryl methyl sites for hydroxylation is 2. The van der Waals surface area contributed by atoms with E-state index in [1.54, 1.807) is 0 Å². The molecule has 0 aromatic carbocycles. The number of rotatable bonds is 6. The maximum Gasteiger partial charge on any atom is 0.0629 e. The molecule has 0 aliphatic heterocycles. The largest absolute Gasteiger partial charge is 0.310 e. The molecule has 1 heterocycles. The van der Waals surface area contributed by atoms with E-state index in [0.29, 0.717) is 6.04 Å². The van der Waals surface area contributed by atoms with Crippen molar-refractivity contribution in [3.63, 3.8) is 0 Å². The highest BCUT2D eigenvalue weighted by molar-refractivity contribution is 5.27. The molecule has 0 bridgehead atoms. The third kappa shape index (κ3) is 3.43. The van der Waals surface area contributed by atoms with Crippen molar-refractivity contribution in [2.75, 3.05) is 6.54 Å². The molecule has 96 valence electrons. The standard InChI is InChI=1S/C14H25N3/c1-7-8-15-14(10(2)3)9-13-11(4)16-17(6)12(13)5/h14-15H,2,7-9H2,1,3-6H3. The number of aromatic nitrogens is 2. The van der Waals surface area contributed by atoms with E-state index >= 15 is 0 Å². The first-order valence-electron chi connectivity index (χ1n) is 6.35. The molecular formula is C14H25N3. The van der Waals surface area contributed by atoms with Crippen LogP contribution in [-0.4, -0.2) is 22.4 Å². The third-order valence-corrected chi connectivity index (χ3v) is 3.30. The van der Waals surface area contributed by atoms with Gasteiger partial charge in [-0.05, 0) is 45.7 Å². The minimum atomic E-state index is 0.358. The molecule has 0 aliphatic rings. The zero-order valence-electron chi connectivity index (χ0n) is 11.8. The smallest absolute Gasteiger partial charge is 0.0629 e. The number of hydrogen-bond donors (Lipinski definition) is 1. The van der Waals surface area contributed by atoms with Crippen molar-refractivity contribution >= 4 is 0 Å². The molecule has 1 rings (SSSR count). The summed E-state index contributed by atoms with van der Waals surface area (Å²) >= 11 is 0. The van der Waals surface area contributed by atoms with Gasteiger partial charge in [0.25, 0.3) is 0 Å². The second-order valence-corrected chi connectivity index (χ2v) is 4.83. The fraction of sp³-hybridized carbons (Fsp3) is 0.643. The van der Waals surface area contributed by atoms with E-state index in [4.69, 9.17) is 0 Å². The molecule has 0 spiro atoms. The van der Waals surface area contributed by atoms with E-state index in [2.05, 4.69) is 44.7 Å². The highest BCUT2D eigenvalue weighted by Crippen LogP contribution is 2.16. The van der Waals surface area contributed by atoms with Gasteiger partial charge in [-0.1, -0.05) is 19.1 Å². The van der Waals surface area contributed by atoms with E-state index in [1.165, 1.54) is 16.8 Å². The topological polar surface area (TPSA) is 29.9 Å². The van der Waals surface area contributed by atoms with Crippen molar-refractivity contribution in [3.05, 3.63) is 29.1 Å². The molecule has 0 saturated heterocycles. The average molecular weight is 235 g/mol. The van der Waals surface area contributed by atoms with Crippen LogP contribution in [0.3, 0.4) is 0 Å². The Kier molecular flexibility index (Phi) is 4.94. The molecule has 0 aliphatic carbocycles. The molecule has 0 radical (unpaired) electrons. The van der Waals surface area contributed by atoms with E-state index in [1.807, 2.05) is 11.7 Å². The Balaban J connectivity index is 2.82. The van der Waals surface area contributed by atoms with Crippen molar-refractivity contribution in [2.24, 2.45) is 7.05 Å². The van der Waals surface area contributed by atoms with Gasteiger partial charge in [0, 0.05) is 18.8 Å². The Morgan fingerprint density at radius 3 is 2.53 bits per heavy atom. The van der Waals surface area contributed by atoms with Gasteiger partial charge in [0.1, 0.15) is 0 Å². The normalized spacial score (nSPS) is 12.8. The van der Waals surface area contributed by atoms with Gasteiger partial charge >= 0.3 is 0 Å². The first kappa shape index (κ1) is 14.0. The van der Waals surface area contributed by atoms with E-state index in [0.717, 1.165) is 25.1 Å². The fourth-order valence-corrected chi connectivity index (χ4v) is 2.06. The molecule has 3 heteroatoms. The lowest BCUT2D eigenvalue weighted by Gasteiger charge is -2.19. The quantitative estimate of drug-likeness (QED) is 0.768. The van der Waals surface area contributed by atoms with Crippen molar-refractivity contribution in [1.82, 2.24) is 15.1 Å². The predicted octanol–water partition coefficient (Wildman–Crippen LogP) is 2.52. The van der Waals surface area contributed by atoms with Crippen molar-refractivity contribution in [3.8, 4) is 0 Å². The summed E-state index contributed by atoms with van der Waals surface area (Å²) in [7, 11) is 2.00. The molecular weight excluding hydrogens is 210 g/mol. The van der Waals surface area contributed by atoms with Crippen LogP contribution >= 0.6 is 0 Å². The molecule has 1 atom stereocenters. The summed E-state index contributed by atoms with van der Waals surface area (Å²) in [6, 6.07) is 0.358. The molecule has 3 nitrogen and oxygen atoms in total. The lowest BCUT2D eigenvalue weighted by atomic mass is 9.99. The minimum absolute atomic E-state index is 0.358. The van der Waals surface area contributed by atoms with Gasteiger partial charge in [0.2, 0.25) is 0 Å². The van der Waals surface area contributed by atoms with Gasteiger partial charge in [-0.2, -0.15) is 5.10 Å². The molecule has 1 aromatic heterocycles. The Bertz CT molecular complexity index is 390. The van der Waals surface area contributed by atoms with Crippen LogP contribution in [0.2, 0.25) is 0 Å². The Labute approximate surface area is 105 Å². The summed E-state index contributed by atoms with van der Waals surface area (Å²) in [5.41, 5.74) is 4.94. The predicted molar refractivity (Wildman–Crippen MR) is 73.3 cm³/mol. The van der Waals surface area contributed by atoms with Crippen LogP contribution in [0.1, 0.15) is 37.2 Å². The SMILES string of the molecule is C=C(C)C(Cc1c(C)nn(C)c1C)NCCC. The van der Waals surface area contributed by atoms with Crippen LogP contribution in [0.15, 0.2) is 12.2 Å². The average Bonchev–Trinajstić information content (AvgIpc) is 2.49. The van der Waals surface area contributed by atoms with Crippen LogP contribution in [0.5, 0.6) is 0 Å². The van der Waals surface area contributed by atoms with E-state index in [9.17, 15) is 0 Å². The Morgan fingerprint density at radius 2 is 2.12 bits per heavy atom. The molecule has 0 fully saturated rings. The highest BCUT2D eigenvalue weighted by atomic mass is 15.3. The monoisotopic (exact) mass is 235 g/mol. The molecule has 1 unspecified atom stereocenters. The van der Waals surface area contributed by atoms with Gasteiger partial charge in [-0.25, -0.2) is 0 Å². The zero-order chi connectivity index (χ0) is 13.0. The van der Waals surface area contributed by atoms with Crippen LogP contribution in [0.25, 0.3) is 0 Å². The molecule has 1 aromatic rings. The van der Waals surface area contributed by atoms with Gasteiger partial charge in [0.05, 0.1) is 5.69 Å². The molecule has 0 saturated carbocycles. The summed E-state index contributed by atoms with van der Waals surface area (Å²) in [5.74, 6) is 0. The lowest BCUT2D eigenvalue weighted by molar-refractivity contribution is 0.561. The minimum Gasteiger partial charge on any atom is -0.310 e. The van der Waals surface area contributed by atoms with Crippen LogP contribution in [0, 0.1) is 13.8 Å². The number of nitrogens with one attached hydrogen (secondary N) is 1. The maximum atomic E-state index is 4.46. The Hall–Kier alpha value is -1.09. The lowest BCUT2D eigenvalue weighted by Crippen LogP contribution is -2.32. The Morgan fingerprint density at radius 1 is 1.47 bits per heavy atom.